The second-order valence-electron chi connectivity index (χ2n) is 5.12. The molecule has 0 bridgehead atoms. The van der Waals surface area contributed by atoms with E-state index in [-0.39, 0.29) is 5.91 Å². The minimum absolute atomic E-state index is 0.269. The van der Waals surface area contributed by atoms with Crippen molar-refractivity contribution in [2.24, 2.45) is 11.7 Å². The molecular formula is C12H25N3O. The van der Waals surface area contributed by atoms with Crippen LogP contribution < -0.4 is 11.1 Å². The highest BCUT2D eigenvalue weighted by molar-refractivity contribution is 5.84. The molecule has 1 amide bonds. The molecule has 0 aromatic carbocycles. The van der Waals surface area contributed by atoms with Gasteiger partial charge in [0.15, 0.2) is 0 Å². The maximum absolute atomic E-state index is 11.4. The zero-order valence-electron chi connectivity index (χ0n) is 10.8. The third-order valence-corrected chi connectivity index (χ3v) is 3.70. The van der Waals surface area contributed by atoms with Crippen molar-refractivity contribution in [2.75, 3.05) is 26.7 Å². The average molecular weight is 227 g/mol. The number of likely N-dealkylation sites (N-methyl/N-ethyl adjacent to an activating group) is 1. The smallest absolute Gasteiger partial charge is 0.238 e. The number of amides is 1. The highest BCUT2D eigenvalue weighted by Gasteiger charge is 2.34. The van der Waals surface area contributed by atoms with Gasteiger partial charge in [0, 0.05) is 13.1 Å². The first kappa shape index (κ1) is 13.5. The van der Waals surface area contributed by atoms with Crippen LogP contribution in [-0.4, -0.2) is 43.0 Å². The molecule has 0 saturated carbocycles. The van der Waals surface area contributed by atoms with Gasteiger partial charge in [-0.2, -0.15) is 0 Å². The SMILES string of the molecule is CCCC1CCN(CC(C)(NC)C(N)=O)C1. The van der Waals surface area contributed by atoms with Gasteiger partial charge in [-0.25, -0.2) is 0 Å². The highest BCUT2D eigenvalue weighted by atomic mass is 16.1. The molecule has 1 heterocycles. The van der Waals surface area contributed by atoms with Crippen LogP contribution in [-0.2, 0) is 4.79 Å². The summed E-state index contributed by atoms with van der Waals surface area (Å²) in [5.74, 6) is 0.535. The molecule has 0 aromatic rings. The van der Waals surface area contributed by atoms with Crippen LogP contribution in [0.3, 0.4) is 0 Å². The Bertz CT molecular complexity index is 244. The van der Waals surface area contributed by atoms with Gasteiger partial charge in [0.05, 0.1) is 0 Å². The number of hydrogen-bond donors (Lipinski definition) is 2. The predicted molar refractivity (Wildman–Crippen MR) is 66.1 cm³/mol. The van der Waals surface area contributed by atoms with E-state index in [4.69, 9.17) is 5.73 Å². The van der Waals surface area contributed by atoms with Gasteiger partial charge in [-0.15, -0.1) is 0 Å². The van der Waals surface area contributed by atoms with Crippen molar-refractivity contribution in [2.45, 2.75) is 38.6 Å². The molecule has 1 aliphatic rings. The van der Waals surface area contributed by atoms with Crippen molar-refractivity contribution in [1.29, 1.82) is 0 Å². The summed E-state index contributed by atoms with van der Waals surface area (Å²) < 4.78 is 0. The van der Waals surface area contributed by atoms with Crippen LogP contribution in [0.2, 0.25) is 0 Å². The van der Waals surface area contributed by atoms with Crippen molar-refractivity contribution in [1.82, 2.24) is 10.2 Å². The standard InChI is InChI=1S/C12H25N3O/c1-4-5-10-6-7-15(8-10)9-12(2,14-3)11(13)16/h10,14H,4-9H2,1-3H3,(H2,13,16). The predicted octanol–water partition coefficient (Wildman–Crippen LogP) is 0.572. The van der Waals surface area contributed by atoms with Crippen molar-refractivity contribution < 1.29 is 4.79 Å². The van der Waals surface area contributed by atoms with Crippen LogP contribution >= 0.6 is 0 Å². The van der Waals surface area contributed by atoms with E-state index in [9.17, 15) is 4.79 Å². The van der Waals surface area contributed by atoms with Gasteiger partial charge in [-0.3, -0.25) is 4.79 Å². The Morgan fingerprint density at radius 2 is 2.31 bits per heavy atom. The number of nitrogens with two attached hydrogens (primary N) is 1. The van der Waals surface area contributed by atoms with Crippen molar-refractivity contribution >= 4 is 5.91 Å². The first-order valence-electron chi connectivity index (χ1n) is 6.23. The maximum Gasteiger partial charge on any atom is 0.238 e. The topological polar surface area (TPSA) is 58.4 Å². The Kier molecular flexibility index (Phi) is 4.74. The summed E-state index contributed by atoms with van der Waals surface area (Å²) in [5.41, 5.74) is 4.83. The van der Waals surface area contributed by atoms with Crippen molar-refractivity contribution in [3.63, 3.8) is 0 Å². The molecule has 1 aliphatic heterocycles. The van der Waals surface area contributed by atoms with Crippen LogP contribution in [0.5, 0.6) is 0 Å². The fourth-order valence-electron chi connectivity index (χ4n) is 2.43. The van der Waals surface area contributed by atoms with E-state index in [1.165, 1.54) is 19.3 Å². The molecular weight excluding hydrogens is 202 g/mol. The summed E-state index contributed by atoms with van der Waals surface area (Å²) in [4.78, 5) is 13.7. The number of nitrogens with one attached hydrogen (secondary N) is 1. The first-order valence-corrected chi connectivity index (χ1v) is 6.23. The van der Waals surface area contributed by atoms with E-state index in [0.29, 0.717) is 0 Å². The number of hydrogen-bond acceptors (Lipinski definition) is 3. The lowest BCUT2D eigenvalue weighted by atomic mass is 10.0. The number of likely N-dealkylation sites (tertiary alicyclic amines) is 1. The van der Waals surface area contributed by atoms with Crippen LogP contribution in [0.25, 0.3) is 0 Å². The zero-order chi connectivity index (χ0) is 12.2. The molecule has 0 aromatic heterocycles. The zero-order valence-corrected chi connectivity index (χ0v) is 10.8. The quantitative estimate of drug-likeness (QED) is 0.697. The van der Waals surface area contributed by atoms with Crippen LogP contribution in [0.15, 0.2) is 0 Å². The van der Waals surface area contributed by atoms with Gasteiger partial charge in [-0.1, -0.05) is 13.3 Å². The highest BCUT2D eigenvalue weighted by Crippen LogP contribution is 2.22. The summed E-state index contributed by atoms with van der Waals surface area (Å²) >= 11 is 0. The molecule has 3 N–H and O–H groups in total. The largest absolute Gasteiger partial charge is 0.368 e. The lowest BCUT2D eigenvalue weighted by Gasteiger charge is -2.30. The normalized spacial score (nSPS) is 25.6. The third kappa shape index (κ3) is 3.19. The lowest BCUT2D eigenvalue weighted by Crippen LogP contribution is -2.58. The molecule has 1 saturated heterocycles. The van der Waals surface area contributed by atoms with E-state index in [0.717, 1.165) is 25.6 Å². The van der Waals surface area contributed by atoms with Gasteiger partial charge < -0.3 is 16.0 Å². The van der Waals surface area contributed by atoms with Crippen molar-refractivity contribution in [3.05, 3.63) is 0 Å². The van der Waals surface area contributed by atoms with E-state index >= 15 is 0 Å². The fourth-order valence-corrected chi connectivity index (χ4v) is 2.43. The second-order valence-corrected chi connectivity index (χ2v) is 5.12. The van der Waals surface area contributed by atoms with Gasteiger partial charge in [-0.05, 0) is 39.3 Å². The molecule has 1 rings (SSSR count). The van der Waals surface area contributed by atoms with Crippen molar-refractivity contribution in [3.8, 4) is 0 Å². The van der Waals surface area contributed by atoms with Gasteiger partial charge in [0.2, 0.25) is 5.91 Å². The Morgan fingerprint density at radius 3 is 2.81 bits per heavy atom. The van der Waals surface area contributed by atoms with E-state index in [2.05, 4.69) is 17.1 Å². The molecule has 16 heavy (non-hydrogen) atoms. The Labute approximate surface area is 98.6 Å². The van der Waals surface area contributed by atoms with E-state index in [1.807, 2.05) is 6.92 Å². The Balaban J connectivity index is 2.46. The third-order valence-electron chi connectivity index (χ3n) is 3.70. The first-order chi connectivity index (χ1) is 7.51. The summed E-state index contributed by atoms with van der Waals surface area (Å²) in [6.45, 7) is 7.03. The summed E-state index contributed by atoms with van der Waals surface area (Å²) in [7, 11) is 1.80. The van der Waals surface area contributed by atoms with E-state index in [1.54, 1.807) is 7.05 Å². The molecule has 0 aliphatic carbocycles. The molecule has 4 nitrogen and oxygen atoms in total. The number of nitrogens with zero attached hydrogens (tertiary/aromatic N) is 1. The van der Waals surface area contributed by atoms with E-state index < -0.39 is 5.54 Å². The average Bonchev–Trinajstić information content (AvgIpc) is 2.65. The second kappa shape index (κ2) is 5.64. The monoisotopic (exact) mass is 227 g/mol. The molecule has 1 fully saturated rings. The summed E-state index contributed by atoms with van der Waals surface area (Å²) in [6, 6.07) is 0. The number of primary amides is 1. The van der Waals surface area contributed by atoms with Crippen LogP contribution in [0.1, 0.15) is 33.1 Å². The number of carbonyl (C=O) groups excluding carboxylic acids is 1. The van der Waals surface area contributed by atoms with Gasteiger partial charge in [0.1, 0.15) is 5.54 Å². The van der Waals surface area contributed by atoms with Gasteiger partial charge >= 0.3 is 0 Å². The van der Waals surface area contributed by atoms with Crippen LogP contribution in [0.4, 0.5) is 0 Å². The minimum Gasteiger partial charge on any atom is -0.368 e. The van der Waals surface area contributed by atoms with Gasteiger partial charge in [0.25, 0.3) is 0 Å². The molecule has 94 valence electrons. The number of carbonyl (C=O) groups is 1. The molecule has 2 unspecified atom stereocenters. The summed E-state index contributed by atoms with van der Waals surface area (Å²) in [5, 5.41) is 3.04. The Hall–Kier alpha value is -0.610. The maximum atomic E-state index is 11.4. The summed E-state index contributed by atoms with van der Waals surface area (Å²) in [6.07, 6.45) is 3.80. The lowest BCUT2D eigenvalue weighted by molar-refractivity contribution is -0.124. The molecule has 2 atom stereocenters. The minimum atomic E-state index is -0.596. The fraction of sp³-hybridized carbons (Fsp3) is 0.917. The molecule has 0 radical (unpaired) electrons. The molecule has 4 heteroatoms. The Morgan fingerprint density at radius 1 is 1.62 bits per heavy atom. The molecule has 0 spiro atoms. The van der Waals surface area contributed by atoms with Crippen LogP contribution in [0, 0.1) is 5.92 Å². The number of rotatable bonds is 6.